The Kier molecular flexibility index (Phi) is 7.13. The molecule has 2 atom stereocenters. The second-order valence-corrected chi connectivity index (χ2v) is 10.2. The van der Waals surface area contributed by atoms with Crippen molar-refractivity contribution in [3.05, 3.63) is 34.7 Å². The second-order valence-electron chi connectivity index (χ2n) is 9.83. The first-order chi connectivity index (χ1) is 17.8. The molecule has 12 heteroatoms. The number of nitriles is 1. The summed E-state index contributed by atoms with van der Waals surface area (Å²) in [4.78, 5) is 25.5. The number of fused-ring (bicyclic) bond motifs is 1. The van der Waals surface area contributed by atoms with Gasteiger partial charge in [0, 0.05) is 18.0 Å². The zero-order valence-electron chi connectivity index (χ0n) is 20.1. The quantitative estimate of drug-likeness (QED) is 0.373. The highest BCUT2D eigenvalue weighted by Crippen LogP contribution is 2.38. The number of carbonyl (C=O) groups is 1. The van der Waals surface area contributed by atoms with E-state index in [-0.39, 0.29) is 46.3 Å². The van der Waals surface area contributed by atoms with Crippen LogP contribution in [-0.4, -0.2) is 42.7 Å². The standard InChI is InChI=1S/C25H28ClFN8O2/c26-18-8-13(11-28)9-19(27)21(18)33-25-32-20-12-30-24(31-15-2-1-3-17(36)10-15)34-23(20)35(25)16-6-4-14(5-7-16)22(29)37/h8-9,12,14-17,36H,1-7,10H2,(H2,29,37)(H,32,33)(H,30,31,34)/t14-,15-,16+,17+/m1/s1. The monoisotopic (exact) mass is 526 g/mol. The molecule has 0 unspecified atom stereocenters. The van der Waals surface area contributed by atoms with Gasteiger partial charge in [0.2, 0.25) is 17.8 Å². The van der Waals surface area contributed by atoms with Crippen molar-refractivity contribution < 1.29 is 14.3 Å². The number of carbonyl (C=O) groups excluding carboxylic acids is 1. The molecule has 10 nitrogen and oxygen atoms in total. The Morgan fingerprint density at radius 3 is 2.68 bits per heavy atom. The molecule has 2 aromatic heterocycles. The first kappa shape index (κ1) is 25.2. The lowest BCUT2D eigenvalue weighted by Crippen LogP contribution is -2.30. The van der Waals surface area contributed by atoms with Gasteiger partial charge in [-0.25, -0.2) is 14.4 Å². The van der Waals surface area contributed by atoms with Crippen LogP contribution >= 0.6 is 11.6 Å². The molecule has 194 valence electrons. The maximum atomic E-state index is 14.9. The molecule has 5 N–H and O–H groups in total. The number of benzene rings is 1. The lowest BCUT2D eigenvalue weighted by molar-refractivity contribution is -0.122. The van der Waals surface area contributed by atoms with Crippen LogP contribution in [0, 0.1) is 23.1 Å². The van der Waals surface area contributed by atoms with Crippen molar-refractivity contribution in [1.82, 2.24) is 19.5 Å². The first-order valence-corrected chi connectivity index (χ1v) is 12.8. The van der Waals surface area contributed by atoms with Crippen LogP contribution in [0.15, 0.2) is 18.3 Å². The minimum Gasteiger partial charge on any atom is -0.393 e. The predicted molar refractivity (Wildman–Crippen MR) is 137 cm³/mol. The second kappa shape index (κ2) is 10.5. The summed E-state index contributed by atoms with van der Waals surface area (Å²) < 4.78 is 16.8. The molecule has 1 amide bonds. The summed E-state index contributed by atoms with van der Waals surface area (Å²) in [6.45, 7) is 0. The van der Waals surface area contributed by atoms with Crippen molar-refractivity contribution >= 4 is 46.3 Å². The fourth-order valence-electron chi connectivity index (χ4n) is 5.36. The molecule has 0 aliphatic heterocycles. The molecule has 3 aromatic rings. The molecule has 5 rings (SSSR count). The highest BCUT2D eigenvalue weighted by molar-refractivity contribution is 6.33. The van der Waals surface area contributed by atoms with E-state index in [0.29, 0.717) is 55.2 Å². The van der Waals surface area contributed by atoms with E-state index in [4.69, 9.17) is 27.6 Å². The molecular formula is C25H28ClFN8O2. The number of amides is 1. The summed E-state index contributed by atoms with van der Waals surface area (Å²) in [5.74, 6) is -0.403. The molecule has 2 heterocycles. The van der Waals surface area contributed by atoms with Gasteiger partial charge < -0.3 is 21.5 Å². The minimum atomic E-state index is -0.676. The Bertz CT molecular complexity index is 1340. The number of aliphatic hydroxyl groups excluding tert-OH is 1. The number of primary amides is 1. The van der Waals surface area contributed by atoms with E-state index in [0.717, 1.165) is 25.3 Å². The van der Waals surface area contributed by atoms with Gasteiger partial charge in [-0.1, -0.05) is 11.6 Å². The number of nitrogens with one attached hydrogen (secondary N) is 2. The van der Waals surface area contributed by atoms with Crippen LogP contribution < -0.4 is 16.4 Å². The van der Waals surface area contributed by atoms with Gasteiger partial charge in [-0.05, 0) is 63.5 Å². The summed E-state index contributed by atoms with van der Waals surface area (Å²) in [5.41, 5.74) is 6.72. The molecule has 37 heavy (non-hydrogen) atoms. The third kappa shape index (κ3) is 5.31. The van der Waals surface area contributed by atoms with Gasteiger partial charge in [0.05, 0.1) is 34.6 Å². The topological polar surface area (TPSA) is 155 Å². The van der Waals surface area contributed by atoms with Crippen LogP contribution in [-0.2, 0) is 4.79 Å². The van der Waals surface area contributed by atoms with Crippen LogP contribution in [0.5, 0.6) is 0 Å². The number of imidazole rings is 1. The average Bonchev–Trinajstić information content (AvgIpc) is 3.23. The Labute approximate surface area is 218 Å². The SMILES string of the molecule is N#Cc1cc(F)c(Nc2nc3cnc(N[C@@H]4CCC[C@H](O)C4)nc3n2[C@H]2CC[C@@H](C(N)=O)CC2)c(Cl)c1. The molecule has 2 fully saturated rings. The van der Waals surface area contributed by atoms with E-state index in [2.05, 4.69) is 20.6 Å². The van der Waals surface area contributed by atoms with Crippen molar-refractivity contribution in [3.8, 4) is 6.07 Å². The highest BCUT2D eigenvalue weighted by Gasteiger charge is 2.30. The Hall–Kier alpha value is -3.49. The Morgan fingerprint density at radius 1 is 1.22 bits per heavy atom. The van der Waals surface area contributed by atoms with Gasteiger partial charge in [0.15, 0.2) is 5.65 Å². The number of anilines is 3. The molecular weight excluding hydrogens is 499 g/mol. The van der Waals surface area contributed by atoms with Crippen LogP contribution in [0.4, 0.5) is 22.0 Å². The van der Waals surface area contributed by atoms with Gasteiger partial charge in [-0.2, -0.15) is 10.2 Å². The normalized spacial score (nSPS) is 23.9. The van der Waals surface area contributed by atoms with E-state index in [1.165, 1.54) is 6.07 Å². The number of aliphatic hydroxyl groups is 1. The van der Waals surface area contributed by atoms with Crippen LogP contribution in [0.1, 0.15) is 63.0 Å². The van der Waals surface area contributed by atoms with Crippen LogP contribution in [0.3, 0.4) is 0 Å². The molecule has 1 aromatic carbocycles. The number of halogens is 2. The fourth-order valence-corrected chi connectivity index (χ4v) is 5.61. The first-order valence-electron chi connectivity index (χ1n) is 12.5. The molecule has 2 aliphatic carbocycles. The van der Waals surface area contributed by atoms with Crippen molar-refractivity contribution in [2.75, 3.05) is 10.6 Å². The number of hydrogen-bond acceptors (Lipinski definition) is 8. The number of nitrogens with zero attached hydrogens (tertiary/aromatic N) is 5. The molecule has 2 saturated carbocycles. The Balaban J connectivity index is 1.52. The third-order valence-corrected chi connectivity index (χ3v) is 7.58. The fraction of sp³-hybridized carbons (Fsp3) is 0.480. The summed E-state index contributed by atoms with van der Waals surface area (Å²) >= 11 is 6.30. The van der Waals surface area contributed by atoms with E-state index in [1.807, 2.05) is 10.6 Å². The summed E-state index contributed by atoms with van der Waals surface area (Å²) in [6.07, 6.45) is 7.11. The predicted octanol–water partition coefficient (Wildman–Crippen LogP) is 4.17. The maximum absolute atomic E-state index is 14.9. The largest absolute Gasteiger partial charge is 0.393 e. The highest BCUT2D eigenvalue weighted by atomic mass is 35.5. The van der Waals surface area contributed by atoms with Crippen molar-refractivity contribution in [1.29, 1.82) is 5.26 Å². The third-order valence-electron chi connectivity index (χ3n) is 7.28. The summed E-state index contributed by atoms with van der Waals surface area (Å²) in [5, 5.41) is 25.5. The van der Waals surface area contributed by atoms with Gasteiger partial charge in [-0.3, -0.25) is 9.36 Å². The van der Waals surface area contributed by atoms with Crippen molar-refractivity contribution in [2.24, 2.45) is 11.7 Å². The summed E-state index contributed by atoms with van der Waals surface area (Å²) in [6, 6.07) is 4.38. The maximum Gasteiger partial charge on any atom is 0.224 e. The zero-order chi connectivity index (χ0) is 26.1. The number of aromatic nitrogens is 4. The minimum absolute atomic E-state index is 0.00513. The van der Waals surface area contributed by atoms with Gasteiger partial charge in [0.25, 0.3) is 0 Å². The van der Waals surface area contributed by atoms with Gasteiger partial charge >= 0.3 is 0 Å². The van der Waals surface area contributed by atoms with E-state index < -0.39 is 5.82 Å². The molecule has 0 bridgehead atoms. The number of nitrogens with two attached hydrogens (primary N) is 1. The van der Waals surface area contributed by atoms with Crippen LogP contribution in [0.2, 0.25) is 5.02 Å². The molecule has 0 saturated heterocycles. The van der Waals surface area contributed by atoms with Gasteiger partial charge in [0.1, 0.15) is 11.3 Å². The van der Waals surface area contributed by atoms with Crippen molar-refractivity contribution in [2.45, 2.75) is 69.6 Å². The molecule has 0 radical (unpaired) electrons. The lowest BCUT2D eigenvalue weighted by atomic mass is 9.85. The lowest BCUT2D eigenvalue weighted by Gasteiger charge is -2.29. The summed E-state index contributed by atoms with van der Waals surface area (Å²) in [7, 11) is 0. The van der Waals surface area contributed by atoms with E-state index in [1.54, 1.807) is 6.20 Å². The van der Waals surface area contributed by atoms with Crippen LogP contribution in [0.25, 0.3) is 11.2 Å². The van der Waals surface area contributed by atoms with Gasteiger partial charge in [-0.15, -0.1) is 0 Å². The number of rotatable bonds is 6. The van der Waals surface area contributed by atoms with E-state index in [9.17, 15) is 14.3 Å². The molecule has 2 aliphatic rings. The zero-order valence-corrected chi connectivity index (χ0v) is 20.9. The van der Waals surface area contributed by atoms with E-state index >= 15 is 0 Å². The smallest absolute Gasteiger partial charge is 0.224 e. The Morgan fingerprint density at radius 2 is 2.00 bits per heavy atom. The average molecular weight is 527 g/mol. The molecule has 0 spiro atoms. The number of hydrogen-bond donors (Lipinski definition) is 4. The van der Waals surface area contributed by atoms with Crippen molar-refractivity contribution in [3.63, 3.8) is 0 Å².